The number of nitrogens with one attached hydrogen (secondary N) is 1. The Bertz CT molecular complexity index is 429. The first-order valence-corrected chi connectivity index (χ1v) is 5.53. The molecule has 0 aliphatic rings. The molecule has 0 unspecified atom stereocenters. The first kappa shape index (κ1) is 9.06. The quantitative estimate of drug-likeness (QED) is 0.765. The van der Waals surface area contributed by atoms with Crippen LogP contribution in [0.1, 0.15) is 25.3 Å². The van der Waals surface area contributed by atoms with Crippen LogP contribution in [-0.2, 0) is 0 Å². The molecule has 1 N–H and O–H groups in total. The molecule has 1 heterocycles. The van der Waals surface area contributed by atoms with E-state index in [1.54, 1.807) is 0 Å². The number of H-pyrrole nitrogens is 1. The summed E-state index contributed by atoms with van der Waals surface area (Å²) in [7, 11) is 0. The summed E-state index contributed by atoms with van der Waals surface area (Å²) in [5.74, 6) is 0.591. The SMILES string of the molecule is CC(C)c1c[nH]c2cc(I)ccc12. The number of halogens is 1. The fraction of sp³-hybridized carbons (Fsp3) is 0.273. The van der Waals surface area contributed by atoms with Crippen LogP contribution in [-0.4, -0.2) is 4.98 Å². The molecular formula is C11H12IN. The molecule has 2 aromatic rings. The highest BCUT2D eigenvalue weighted by molar-refractivity contribution is 14.1. The van der Waals surface area contributed by atoms with Crippen molar-refractivity contribution in [1.82, 2.24) is 4.98 Å². The third kappa shape index (κ3) is 1.59. The molecule has 1 aromatic heterocycles. The Balaban J connectivity index is 2.69. The number of benzene rings is 1. The number of aromatic nitrogens is 1. The summed E-state index contributed by atoms with van der Waals surface area (Å²) in [5, 5.41) is 1.36. The van der Waals surface area contributed by atoms with Gasteiger partial charge in [0.2, 0.25) is 0 Å². The average molecular weight is 285 g/mol. The van der Waals surface area contributed by atoms with E-state index in [1.807, 2.05) is 0 Å². The molecule has 68 valence electrons. The van der Waals surface area contributed by atoms with Crippen LogP contribution in [0, 0.1) is 3.57 Å². The van der Waals surface area contributed by atoms with Gasteiger partial charge >= 0.3 is 0 Å². The van der Waals surface area contributed by atoms with E-state index in [-0.39, 0.29) is 0 Å². The second-order valence-corrected chi connectivity index (χ2v) is 4.83. The number of fused-ring (bicyclic) bond motifs is 1. The van der Waals surface area contributed by atoms with Gasteiger partial charge in [-0.3, -0.25) is 0 Å². The number of hydrogen-bond acceptors (Lipinski definition) is 0. The van der Waals surface area contributed by atoms with Crippen molar-refractivity contribution < 1.29 is 0 Å². The Kier molecular flexibility index (Phi) is 2.32. The Morgan fingerprint density at radius 1 is 1.31 bits per heavy atom. The first-order valence-electron chi connectivity index (χ1n) is 4.45. The molecule has 1 aromatic carbocycles. The van der Waals surface area contributed by atoms with E-state index in [2.05, 4.69) is 65.8 Å². The summed E-state index contributed by atoms with van der Waals surface area (Å²) in [6, 6.07) is 6.54. The van der Waals surface area contributed by atoms with Gasteiger partial charge in [0.05, 0.1) is 0 Å². The van der Waals surface area contributed by atoms with Gasteiger partial charge < -0.3 is 4.98 Å². The maximum Gasteiger partial charge on any atom is 0.0467 e. The fourth-order valence-electron chi connectivity index (χ4n) is 1.60. The van der Waals surface area contributed by atoms with Crippen molar-refractivity contribution in [2.45, 2.75) is 19.8 Å². The molecule has 13 heavy (non-hydrogen) atoms. The molecule has 0 fully saturated rings. The Morgan fingerprint density at radius 3 is 2.77 bits per heavy atom. The smallest absolute Gasteiger partial charge is 0.0467 e. The third-order valence-corrected chi connectivity index (χ3v) is 2.97. The minimum Gasteiger partial charge on any atom is -0.361 e. The summed E-state index contributed by atoms with van der Waals surface area (Å²) >= 11 is 2.33. The van der Waals surface area contributed by atoms with Crippen LogP contribution in [0.3, 0.4) is 0 Å². The van der Waals surface area contributed by atoms with E-state index in [1.165, 1.54) is 20.0 Å². The first-order chi connectivity index (χ1) is 6.18. The van der Waals surface area contributed by atoms with Gasteiger partial charge in [0.15, 0.2) is 0 Å². The van der Waals surface area contributed by atoms with Gasteiger partial charge in [0, 0.05) is 20.7 Å². The lowest BCUT2D eigenvalue weighted by Crippen LogP contribution is -1.83. The minimum absolute atomic E-state index is 0.591. The van der Waals surface area contributed by atoms with Crippen molar-refractivity contribution in [3.63, 3.8) is 0 Å². The second-order valence-electron chi connectivity index (χ2n) is 3.59. The van der Waals surface area contributed by atoms with Gasteiger partial charge in [-0.05, 0) is 46.2 Å². The lowest BCUT2D eigenvalue weighted by atomic mass is 10.0. The predicted molar refractivity (Wildman–Crippen MR) is 65.1 cm³/mol. The number of rotatable bonds is 1. The predicted octanol–water partition coefficient (Wildman–Crippen LogP) is 3.90. The van der Waals surface area contributed by atoms with Gasteiger partial charge in [-0.15, -0.1) is 0 Å². The van der Waals surface area contributed by atoms with Crippen LogP contribution >= 0.6 is 22.6 Å². The van der Waals surface area contributed by atoms with Crippen LogP contribution in [0.4, 0.5) is 0 Å². The molecule has 2 heteroatoms. The molecule has 0 spiro atoms. The highest BCUT2D eigenvalue weighted by atomic mass is 127. The van der Waals surface area contributed by atoms with Crippen molar-refractivity contribution in [2.24, 2.45) is 0 Å². The van der Waals surface area contributed by atoms with Crippen molar-refractivity contribution in [3.05, 3.63) is 33.5 Å². The number of hydrogen-bond donors (Lipinski definition) is 1. The zero-order chi connectivity index (χ0) is 9.42. The molecule has 0 radical (unpaired) electrons. The van der Waals surface area contributed by atoms with Crippen LogP contribution < -0.4 is 0 Å². The highest BCUT2D eigenvalue weighted by Crippen LogP contribution is 2.25. The Labute approximate surface area is 91.7 Å². The molecule has 0 aliphatic heterocycles. The van der Waals surface area contributed by atoms with E-state index in [0.29, 0.717) is 5.92 Å². The van der Waals surface area contributed by atoms with E-state index in [4.69, 9.17) is 0 Å². The average Bonchev–Trinajstić information content (AvgIpc) is 2.46. The van der Waals surface area contributed by atoms with E-state index in [0.717, 1.165) is 0 Å². The molecule has 1 nitrogen and oxygen atoms in total. The molecule has 0 aliphatic carbocycles. The molecule has 0 saturated carbocycles. The van der Waals surface area contributed by atoms with E-state index in [9.17, 15) is 0 Å². The number of aromatic amines is 1. The fourth-order valence-corrected chi connectivity index (χ4v) is 2.09. The lowest BCUT2D eigenvalue weighted by molar-refractivity contribution is 0.875. The van der Waals surface area contributed by atoms with Crippen molar-refractivity contribution in [2.75, 3.05) is 0 Å². The Morgan fingerprint density at radius 2 is 2.08 bits per heavy atom. The lowest BCUT2D eigenvalue weighted by Gasteiger charge is -2.01. The molecule has 2 rings (SSSR count). The second kappa shape index (κ2) is 3.33. The van der Waals surface area contributed by atoms with Crippen molar-refractivity contribution in [3.8, 4) is 0 Å². The van der Waals surface area contributed by atoms with E-state index >= 15 is 0 Å². The summed E-state index contributed by atoms with van der Waals surface area (Å²) in [6.07, 6.45) is 2.12. The van der Waals surface area contributed by atoms with Gasteiger partial charge in [-0.2, -0.15) is 0 Å². The standard InChI is InChI=1S/C11H12IN/c1-7(2)10-6-13-11-5-8(12)3-4-9(10)11/h3-7,13H,1-2H3. The Hall–Kier alpha value is -0.510. The maximum atomic E-state index is 3.31. The summed E-state index contributed by atoms with van der Waals surface area (Å²) < 4.78 is 1.28. The van der Waals surface area contributed by atoms with Crippen LogP contribution in [0.25, 0.3) is 10.9 Å². The van der Waals surface area contributed by atoms with Gasteiger partial charge in [0.1, 0.15) is 0 Å². The van der Waals surface area contributed by atoms with Gasteiger partial charge in [0.25, 0.3) is 0 Å². The minimum atomic E-state index is 0.591. The van der Waals surface area contributed by atoms with Crippen molar-refractivity contribution in [1.29, 1.82) is 0 Å². The molecular weight excluding hydrogens is 273 g/mol. The maximum absolute atomic E-state index is 3.31. The van der Waals surface area contributed by atoms with Crippen LogP contribution in [0.2, 0.25) is 0 Å². The summed E-state index contributed by atoms with van der Waals surface area (Å²) in [4.78, 5) is 3.31. The zero-order valence-electron chi connectivity index (χ0n) is 7.76. The third-order valence-electron chi connectivity index (χ3n) is 2.30. The van der Waals surface area contributed by atoms with Crippen molar-refractivity contribution >= 4 is 33.5 Å². The monoisotopic (exact) mass is 285 g/mol. The van der Waals surface area contributed by atoms with Gasteiger partial charge in [-0.1, -0.05) is 19.9 Å². The molecule has 0 saturated heterocycles. The topological polar surface area (TPSA) is 15.8 Å². The largest absolute Gasteiger partial charge is 0.361 e. The summed E-state index contributed by atoms with van der Waals surface area (Å²) in [6.45, 7) is 4.45. The summed E-state index contributed by atoms with van der Waals surface area (Å²) in [5.41, 5.74) is 2.65. The van der Waals surface area contributed by atoms with E-state index < -0.39 is 0 Å². The van der Waals surface area contributed by atoms with Crippen LogP contribution in [0.5, 0.6) is 0 Å². The van der Waals surface area contributed by atoms with Crippen LogP contribution in [0.15, 0.2) is 24.4 Å². The highest BCUT2D eigenvalue weighted by Gasteiger charge is 2.06. The molecule has 0 bridgehead atoms. The molecule has 0 atom stereocenters. The zero-order valence-corrected chi connectivity index (χ0v) is 9.92. The molecule has 0 amide bonds. The normalized spacial score (nSPS) is 11.4. The van der Waals surface area contributed by atoms with Gasteiger partial charge in [-0.25, -0.2) is 0 Å².